The Bertz CT molecular complexity index is 995. The van der Waals surface area contributed by atoms with E-state index in [4.69, 9.17) is 21.1 Å². The van der Waals surface area contributed by atoms with Gasteiger partial charge in [0.25, 0.3) is 0 Å². The highest BCUT2D eigenvalue weighted by atomic mass is 35.5. The van der Waals surface area contributed by atoms with Crippen LogP contribution in [0.25, 0.3) is 0 Å². The Hall–Kier alpha value is -2.57. The van der Waals surface area contributed by atoms with Crippen LogP contribution in [0.15, 0.2) is 54.6 Å². The molecule has 2 aromatic rings. The third kappa shape index (κ3) is 6.56. The van der Waals surface area contributed by atoms with Gasteiger partial charge in [-0.3, -0.25) is 9.59 Å². The number of amides is 2. The number of piperidine rings is 1. The molecule has 2 aromatic carbocycles. The van der Waals surface area contributed by atoms with Gasteiger partial charge in [0.2, 0.25) is 11.8 Å². The number of ether oxygens (including phenoxy) is 2. The minimum atomic E-state index is -0.917. The molecule has 2 aliphatic rings. The third-order valence-corrected chi connectivity index (χ3v) is 7.18. The van der Waals surface area contributed by atoms with Gasteiger partial charge in [0.1, 0.15) is 18.0 Å². The van der Waals surface area contributed by atoms with Gasteiger partial charge in [0.15, 0.2) is 0 Å². The number of benzene rings is 2. The fourth-order valence-corrected chi connectivity index (χ4v) is 5.22. The largest absolute Gasteiger partial charge is 0.490 e. The molecule has 4 rings (SSSR count). The summed E-state index contributed by atoms with van der Waals surface area (Å²) in [5, 5.41) is 0.580. The van der Waals surface area contributed by atoms with Crippen LogP contribution in [0.4, 0.5) is 0 Å². The van der Waals surface area contributed by atoms with Crippen molar-refractivity contribution in [1.29, 1.82) is 0 Å². The summed E-state index contributed by atoms with van der Waals surface area (Å²) in [6.45, 7) is 4.93. The van der Waals surface area contributed by atoms with Crippen LogP contribution in [0.1, 0.15) is 50.5 Å². The quantitative estimate of drug-likeness (QED) is 0.518. The number of carbonyl (C=O) groups is 2. The summed E-state index contributed by atoms with van der Waals surface area (Å²) < 4.78 is 12.4. The van der Waals surface area contributed by atoms with E-state index < -0.39 is 5.60 Å². The zero-order chi connectivity index (χ0) is 24.7. The molecule has 0 N–H and O–H groups in total. The molecule has 0 unspecified atom stereocenters. The predicted octanol–water partition coefficient (Wildman–Crippen LogP) is 4.91. The van der Waals surface area contributed by atoms with Gasteiger partial charge in [-0.25, -0.2) is 0 Å². The van der Waals surface area contributed by atoms with Gasteiger partial charge < -0.3 is 19.3 Å². The van der Waals surface area contributed by atoms with E-state index in [9.17, 15) is 9.59 Å². The summed E-state index contributed by atoms with van der Waals surface area (Å²) in [5.74, 6) is 0.520. The lowest BCUT2D eigenvalue weighted by molar-refractivity contribution is -0.167. The van der Waals surface area contributed by atoms with E-state index in [0.717, 1.165) is 37.9 Å². The van der Waals surface area contributed by atoms with Crippen LogP contribution in [0.5, 0.6) is 5.75 Å². The van der Waals surface area contributed by atoms with Crippen molar-refractivity contribution in [2.45, 2.75) is 50.5 Å². The average Bonchev–Trinajstić information content (AvgIpc) is 2.89. The Kier molecular flexibility index (Phi) is 8.69. The van der Waals surface area contributed by atoms with Crippen LogP contribution in [-0.2, 0) is 14.3 Å². The second-order valence-electron chi connectivity index (χ2n) is 9.53. The van der Waals surface area contributed by atoms with Gasteiger partial charge in [-0.15, -0.1) is 0 Å². The first-order valence-corrected chi connectivity index (χ1v) is 13.0. The monoisotopic (exact) mass is 498 g/mol. The average molecular weight is 499 g/mol. The lowest BCUT2D eigenvalue weighted by Crippen LogP contribution is -2.59. The molecule has 0 aliphatic carbocycles. The van der Waals surface area contributed by atoms with Gasteiger partial charge in [-0.05, 0) is 49.4 Å². The van der Waals surface area contributed by atoms with Crippen molar-refractivity contribution in [2.24, 2.45) is 0 Å². The molecule has 7 heteroatoms. The number of hydrogen-bond acceptors (Lipinski definition) is 4. The van der Waals surface area contributed by atoms with E-state index in [0.29, 0.717) is 36.9 Å². The third-order valence-electron chi connectivity index (χ3n) is 6.95. The fourth-order valence-electron chi connectivity index (χ4n) is 5.04. The van der Waals surface area contributed by atoms with E-state index in [1.807, 2.05) is 59.2 Å². The van der Waals surface area contributed by atoms with Crippen molar-refractivity contribution < 1.29 is 19.1 Å². The summed E-state index contributed by atoms with van der Waals surface area (Å²) in [5.41, 5.74) is 0.0939. The van der Waals surface area contributed by atoms with Crippen molar-refractivity contribution in [3.63, 3.8) is 0 Å². The number of morpholine rings is 1. The maximum atomic E-state index is 13.6. The smallest absolute Gasteiger partial charge is 0.230 e. The van der Waals surface area contributed by atoms with E-state index in [1.165, 1.54) is 0 Å². The summed E-state index contributed by atoms with van der Waals surface area (Å²) in [4.78, 5) is 30.7. The van der Waals surface area contributed by atoms with Crippen LogP contribution >= 0.6 is 11.6 Å². The second-order valence-corrected chi connectivity index (χ2v) is 9.96. The molecular weight excluding hydrogens is 464 g/mol. The lowest BCUT2D eigenvalue weighted by Gasteiger charge is -2.44. The van der Waals surface area contributed by atoms with Gasteiger partial charge >= 0.3 is 0 Å². The highest BCUT2D eigenvalue weighted by Gasteiger charge is 2.43. The molecule has 2 fully saturated rings. The highest BCUT2D eigenvalue weighted by molar-refractivity contribution is 6.30. The van der Waals surface area contributed by atoms with Gasteiger partial charge in [-0.1, -0.05) is 54.9 Å². The number of carbonyl (C=O) groups excluding carboxylic acids is 2. The number of rotatable bonds is 8. The summed E-state index contributed by atoms with van der Waals surface area (Å²) in [7, 11) is 0. The van der Waals surface area contributed by atoms with Crippen molar-refractivity contribution in [1.82, 2.24) is 9.80 Å². The lowest BCUT2D eigenvalue weighted by atomic mass is 9.92. The molecule has 0 radical (unpaired) electrons. The van der Waals surface area contributed by atoms with Crippen LogP contribution in [0.3, 0.4) is 0 Å². The zero-order valence-electron chi connectivity index (χ0n) is 20.5. The Morgan fingerprint density at radius 1 is 1.03 bits per heavy atom. The fraction of sp³-hybridized carbons (Fsp3) is 0.500. The molecule has 0 aromatic heterocycles. The first kappa shape index (κ1) is 25.5. The number of halogens is 1. The molecule has 6 nitrogen and oxygen atoms in total. The number of hydrogen-bond donors (Lipinski definition) is 0. The van der Waals surface area contributed by atoms with Gasteiger partial charge in [-0.2, -0.15) is 0 Å². The van der Waals surface area contributed by atoms with Crippen molar-refractivity contribution >= 4 is 23.4 Å². The number of likely N-dealkylation sites (tertiary alicyclic amines) is 1. The van der Waals surface area contributed by atoms with E-state index in [-0.39, 0.29) is 30.8 Å². The summed E-state index contributed by atoms with van der Waals surface area (Å²) >= 11 is 6.14. The summed E-state index contributed by atoms with van der Waals surface area (Å²) in [6, 6.07) is 17.1. The standard InChI is InChI=1S/C28H35ClN2O4/c1-2-25(22-10-5-3-6-11-22)27(33)31-16-17-35-28(20-31,19-26(32)30-14-7-4-8-15-30)21-34-24-13-9-12-23(29)18-24/h3,5-6,9-13,18,25H,2,4,7-8,14-17,19-21H2,1H3/t25-,28+/m0/s1. The van der Waals surface area contributed by atoms with Crippen LogP contribution < -0.4 is 4.74 Å². The Labute approximate surface area is 213 Å². The van der Waals surface area contributed by atoms with Crippen molar-refractivity contribution in [3.05, 3.63) is 65.2 Å². The molecule has 2 aliphatic heterocycles. The van der Waals surface area contributed by atoms with Crippen LogP contribution in [0.2, 0.25) is 5.02 Å². The molecule has 35 heavy (non-hydrogen) atoms. The summed E-state index contributed by atoms with van der Waals surface area (Å²) in [6.07, 6.45) is 4.10. The van der Waals surface area contributed by atoms with Crippen LogP contribution in [0, 0.1) is 0 Å². The Morgan fingerprint density at radius 2 is 1.80 bits per heavy atom. The molecule has 0 bridgehead atoms. The molecule has 2 heterocycles. The first-order chi connectivity index (χ1) is 17.0. The number of nitrogens with zero attached hydrogens (tertiary/aromatic N) is 2. The normalized spacial score (nSPS) is 21.4. The second kappa shape index (κ2) is 11.9. The molecule has 2 saturated heterocycles. The maximum absolute atomic E-state index is 13.6. The molecule has 0 spiro atoms. The van der Waals surface area contributed by atoms with E-state index in [2.05, 4.69) is 0 Å². The minimum Gasteiger partial charge on any atom is -0.490 e. The zero-order valence-corrected chi connectivity index (χ0v) is 21.2. The van der Waals surface area contributed by atoms with Gasteiger partial charge in [0, 0.05) is 24.7 Å². The molecular formula is C28H35ClN2O4. The minimum absolute atomic E-state index is 0.0591. The van der Waals surface area contributed by atoms with E-state index in [1.54, 1.807) is 12.1 Å². The topological polar surface area (TPSA) is 59.1 Å². The Morgan fingerprint density at radius 3 is 2.51 bits per heavy atom. The van der Waals surface area contributed by atoms with Crippen molar-refractivity contribution in [3.8, 4) is 5.75 Å². The Balaban J connectivity index is 1.53. The van der Waals surface area contributed by atoms with Gasteiger partial charge in [0.05, 0.1) is 25.5 Å². The molecule has 188 valence electrons. The first-order valence-electron chi connectivity index (χ1n) is 12.6. The van der Waals surface area contributed by atoms with Crippen molar-refractivity contribution in [2.75, 3.05) is 39.4 Å². The molecule has 0 saturated carbocycles. The maximum Gasteiger partial charge on any atom is 0.230 e. The highest BCUT2D eigenvalue weighted by Crippen LogP contribution is 2.30. The van der Waals surface area contributed by atoms with Crippen LogP contribution in [-0.4, -0.2) is 66.6 Å². The van der Waals surface area contributed by atoms with E-state index >= 15 is 0 Å². The predicted molar refractivity (Wildman–Crippen MR) is 137 cm³/mol. The SMILES string of the molecule is CC[C@H](C(=O)N1CCO[C@](COc2cccc(Cl)c2)(CC(=O)N2CCCCC2)C1)c1ccccc1. The molecule has 2 amide bonds. The molecule has 2 atom stereocenters.